The summed E-state index contributed by atoms with van der Waals surface area (Å²) >= 11 is 0. The zero-order chi connectivity index (χ0) is 16.1. The fourth-order valence-corrected chi connectivity index (χ4v) is 3.40. The Hall–Kier alpha value is -1.58. The Morgan fingerprint density at radius 3 is 2.65 bits per heavy atom. The lowest BCUT2D eigenvalue weighted by Crippen LogP contribution is -2.37. The molecule has 1 aliphatic rings. The predicted molar refractivity (Wildman–Crippen MR) is 94.2 cm³/mol. The SMILES string of the molecule is Cc1ccc(CNCc2ccccc2CN2CCCCC2C)o1. The van der Waals surface area contributed by atoms with Crippen molar-refractivity contribution in [2.45, 2.75) is 58.8 Å². The van der Waals surface area contributed by atoms with Crippen molar-refractivity contribution in [3.63, 3.8) is 0 Å². The number of hydrogen-bond donors (Lipinski definition) is 1. The Morgan fingerprint density at radius 1 is 1.09 bits per heavy atom. The van der Waals surface area contributed by atoms with Crippen LogP contribution in [0.5, 0.6) is 0 Å². The molecule has 0 bridgehead atoms. The summed E-state index contributed by atoms with van der Waals surface area (Å²) in [5.74, 6) is 1.98. The normalized spacial score (nSPS) is 19.1. The average molecular weight is 312 g/mol. The van der Waals surface area contributed by atoms with Crippen LogP contribution in [0.25, 0.3) is 0 Å². The van der Waals surface area contributed by atoms with Crippen LogP contribution in [0.1, 0.15) is 48.8 Å². The largest absolute Gasteiger partial charge is 0.465 e. The highest BCUT2D eigenvalue weighted by Gasteiger charge is 2.18. The van der Waals surface area contributed by atoms with Crippen molar-refractivity contribution in [1.82, 2.24) is 10.2 Å². The lowest BCUT2D eigenvalue weighted by Gasteiger charge is -2.33. The van der Waals surface area contributed by atoms with Gasteiger partial charge in [-0.25, -0.2) is 0 Å². The minimum Gasteiger partial charge on any atom is -0.465 e. The smallest absolute Gasteiger partial charge is 0.117 e. The number of nitrogens with zero attached hydrogens (tertiary/aromatic N) is 1. The van der Waals surface area contributed by atoms with E-state index in [9.17, 15) is 0 Å². The zero-order valence-electron chi connectivity index (χ0n) is 14.3. The molecule has 1 aromatic heterocycles. The third-order valence-corrected chi connectivity index (χ3v) is 4.84. The molecule has 2 aromatic rings. The molecule has 1 atom stereocenters. The van der Waals surface area contributed by atoms with Gasteiger partial charge in [-0.15, -0.1) is 0 Å². The van der Waals surface area contributed by atoms with Gasteiger partial charge in [-0.05, 0) is 56.5 Å². The van der Waals surface area contributed by atoms with Gasteiger partial charge in [0.15, 0.2) is 0 Å². The number of likely N-dealkylation sites (tertiary alicyclic amines) is 1. The maximum atomic E-state index is 5.62. The second-order valence-electron chi connectivity index (χ2n) is 6.70. The molecule has 124 valence electrons. The lowest BCUT2D eigenvalue weighted by molar-refractivity contribution is 0.152. The Labute approximate surface area is 139 Å². The summed E-state index contributed by atoms with van der Waals surface area (Å²) in [6.07, 6.45) is 4.05. The van der Waals surface area contributed by atoms with Crippen LogP contribution in [0.3, 0.4) is 0 Å². The van der Waals surface area contributed by atoms with Crippen molar-refractivity contribution in [3.05, 3.63) is 59.0 Å². The van der Waals surface area contributed by atoms with Crippen molar-refractivity contribution in [2.75, 3.05) is 6.54 Å². The van der Waals surface area contributed by atoms with Gasteiger partial charge in [0.05, 0.1) is 6.54 Å². The van der Waals surface area contributed by atoms with Gasteiger partial charge < -0.3 is 9.73 Å². The molecule has 1 aliphatic heterocycles. The van der Waals surface area contributed by atoms with E-state index in [1.165, 1.54) is 36.9 Å². The number of piperidine rings is 1. The summed E-state index contributed by atoms with van der Waals surface area (Å²) in [6.45, 7) is 8.31. The van der Waals surface area contributed by atoms with Crippen LogP contribution < -0.4 is 5.32 Å². The first-order valence-electron chi connectivity index (χ1n) is 8.79. The van der Waals surface area contributed by atoms with Crippen LogP contribution in [0, 0.1) is 6.92 Å². The highest BCUT2D eigenvalue weighted by molar-refractivity contribution is 5.27. The molecule has 3 rings (SSSR count). The van der Waals surface area contributed by atoms with Gasteiger partial charge in [0.25, 0.3) is 0 Å². The number of furan rings is 1. The first-order chi connectivity index (χ1) is 11.2. The molecular weight excluding hydrogens is 284 g/mol. The number of aryl methyl sites for hydroxylation is 1. The highest BCUT2D eigenvalue weighted by atomic mass is 16.3. The van der Waals surface area contributed by atoms with Gasteiger partial charge in [0.2, 0.25) is 0 Å². The van der Waals surface area contributed by atoms with Crippen LogP contribution in [0.2, 0.25) is 0 Å². The number of nitrogens with one attached hydrogen (secondary N) is 1. The fourth-order valence-electron chi connectivity index (χ4n) is 3.40. The molecule has 1 fully saturated rings. The summed E-state index contributed by atoms with van der Waals surface area (Å²) in [5.41, 5.74) is 2.85. The van der Waals surface area contributed by atoms with Crippen molar-refractivity contribution in [3.8, 4) is 0 Å². The Bertz CT molecular complexity index is 620. The van der Waals surface area contributed by atoms with Crippen LogP contribution in [-0.4, -0.2) is 17.5 Å². The van der Waals surface area contributed by atoms with Gasteiger partial charge in [0.1, 0.15) is 11.5 Å². The highest BCUT2D eigenvalue weighted by Crippen LogP contribution is 2.21. The Kier molecular flexibility index (Phi) is 5.52. The van der Waals surface area contributed by atoms with E-state index in [4.69, 9.17) is 4.42 Å². The van der Waals surface area contributed by atoms with Gasteiger partial charge in [-0.2, -0.15) is 0 Å². The van der Waals surface area contributed by atoms with Crippen LogP contribution in [0.15, 0.2) is 40.8 Å². The maximum Gasteiger partial charge on any atom is 0.117 e. The maximum absolute atomic E-state index is 5.62. The van der Waals surface area contributed by atoms with E-state index in [1.54, 1.807) is 0 Å². The molecule has 0 radical (unpaired) electrons. The van der Waals surface area contributed by atoms with E-state index in [1.807, 2.05) is 19.1 Å². The molecule has 23 heavy (non-hydrogen) atoms. The number of hydrogen-bond acceptors (Lipinski definition) is 3. The summed E-state index contributed by atoms with van der Waals surface area (Å²) in [5, 5.41) is 3.51. The second-order valence-corrected chi connectivity index (χ2v) is 6.70. The Balaban J connectivity index is 1.58. The quantitative estimate of drug-likeness (QED) is 0.864. The molecule has 0 amide bonds. The van der Waals surface area contributed by atoms with E-state index in [0.717, 1.165) is 31.2 Å². The van der Waals surface area contributed by atoms with E-state index in [-0.39, 0.29) is 0 Å². The third-order valence-electron chi connectivity index (χ3n) is 4.84. The summed E-state index contributed by atoms with van der Waals surface area (Å²) in [7, 11) is 0. The summed E-state index contributed by atoms with van der Waals surface area (Å²) in [4.78, 5) is 2.62. The van der Waals surface area contributed by atoms with Crippen LogP contribution in [0.4, 0.5) is 0 Å². The van der Waals surface area contributed by atoms with Gasteiger partial charge in [-0.3, -0.25) is 4.90 Å². The standard InChI is InChI=1S/C20H28N2O/c1-16-7-5-6-12-22(16)15-19-9-4-3-8-18(19)13-21-14-20-11-10-17(2)23-20/h3-4,8-11,16,21H,5-7,12-15H2,1-2H3. The van der Waals surface area contributed by atoms with Crippen LogP contribution >= 0.6 is 0 Å². The van der Waals surface area contributed by atoms with Crippen molar-refractivity contribution in [2.24, 2.45) is 0 Å². The molecule has 3 nitrogen and oxygen atoms in total. The second kappa shape index (κ2) is 7.80. The molecule has 1 N–H and O–H groups in total. The molecule has 1 saturated heterocycles. The number of benzene rings is 1. The minimum atomic E-state index is 0.704. The first kappa shape index (κ1) is 16.3. The molecule has 3 heteroatoms. The van der Waals surface area contributed by atoms with Crippen molar-refractivity contribution >= 4 is 0 Å². The summed E-state index contributed by atoms with van der Waals surface area (Å²) < 4.78 is 5.62. The van der Waals surface area contributed by atoms with E-state index < -0.39 is 0 Å². The van der Waals surface area contributed by atoms with Crippen molar-refractivity contribution < 1.29 is 4.42 Å². The average Bonchev–Trinajstić information content (AvgIpc) is 2.97. The molecule has 0 saturated carbocycles. The third kappa shape index (κ3) is 4.46. The molecule has 2 heterocycles. The number of rotatable bonds is 6. The molecule has 1 aromatic carbocycles. The van der Waals surface area contributed by atoms with E-state index in [0.29, 0.717) is 6.04 Å². The van der Waals surface area contributed by atoms with Crippen molar-refractivity contribution in [1.29, 1.82) is 0 Å². The molecular formula is C20H28N2O. The van der Waals surface area contributed by atoms with Gasteiger partial charge >= 0.3 is 0 Å². The fraction of sp³-hybridized carbons (Fsp3) is 0.500. The first-order valence-corrected chi connectivity index (χ1v) is 8.79. The minimum absolute atomic E-state index is 0.704. The van der Waals surface area contributed by atoms with Gasteiger partial charge in [0, 0.05) is 19.1 Å². The van der Waals surface area contributed by atoms with E-state index >= 15 is 0 Å². The van der Waals surface area contributed by atoms with Gasteiger partial charge in [-0.1, -0.05) is 30.7 Å². The lowest BCUT2D eigenvalue weighted by atomic mass is 10.0. The predicted octanol–water partition coefficient (Wildman–Crippen LogP) is 4.25. The molecule has 0 aliphatic carbocycles. The summed E-state index contributed by atoms with van der Waals surface area (Å²) in [6, 6.07) is 13.6. The molecule has 1 unspecified atom stereocenters. The zero-order valence-corrected chi connectivity index (χ0v) is 14.3. The van der Waals surface area contributed by atoms with Crippen LogP contribution in [-0.2, 0) is 19.6 Å². The Morgan fingerprint density at radius 2 is 1.91 bits per heavy atom. The molecule has 0 spiro atoms. The van der Waals surface area contributed by atoms with E-state index in [2.05, 4.69) is 41.4 Å². The topological polar surface area (TPSA) is 28.4 Å². The monoisotopic (exact) mass is 312 g/mol.